The Labute approximate surface area is 152 Å². The van der Waals surface area contributed by atoms with Crippen LogP contribution in [0.25, 0.3) is 10.9 Å². The molecule has 26 heavy (non-hydrogen) atoms. The highest BCUT2D eigenvalue weighted by Crippen LogP contribution is 2.23. The topological polar surface area (TPSA) is 37.3 Å². The Morgan fingerprint density at radius 3 is 2.85 bits per heavy atom. The molecule has 0 saturated carbocycles. The van der Waals surface area contributed by atoms with E-state index in [-0.39, 0.29) is 17.8 Å². The van der Waals surface area contributed by atoms with Crippen LogP contribution in [-0.4, -0.2) is 35.0 Å². The third-order valence-electron chi connectivity index (χ3n) is 5.16. The zero-order chi connectivity index (χ0) is 18.1. The van der Waals surface area contributed by atoms with Crippen molar-refractivity contribution in [1.29, 1.82) is 0 Å². The number of hydrogen-bond donors (Lipinski definition) is 1. The second-order valence-corrected chi connectivity index (χ2v) is 6.94. The highest BCUT2D eigenvalue weighted by molar-refractivity contribution is 5.97. The third-order valence-corrected chi connectivity index (χ3v) is 5.16. The maximum Gasteiger partial charge on any atom is 0.241 e. The van der Waals surface area contributed by atoms with E-state index in [1.54, 1.807) is 12.1 Å². The van der Waals surface area contributed by atoms with Gasteiger partial charge >= 0.3 is 0 Å². The second kappa shape index (κ2) is 6.92. The number of carbonyl (C=O) groups excluding carboxylic acids is 1. The summed E-state index contributed by atoms with van der Waals surface area (Å²) in [6.07, 6.45) is 3.90. The third kappa shape index (κ3) is 3.22. The number of hydrogen-bond acceptors (Lipinski definition) is 2. The number of nitrogens with zero attached hydrogens (tertiary/aromatic N) is 2. The van der Waals surface area contributed by atoms with Crippen LogP contribution in [-0.2, 0) is 11.3 Å². The number of aromatic nitrogens is 1. The summed E-state index contributed by atoms with van der Waals surface area (Å²) in [7, 11) is 1.99. The molecule has 3 aromatic rings. The number of likely N-dealkylation sites (tertiary alicyclic amines) is 1. The lowest BCUT2D eigenvalue weighted by Gasteiger charge is -2.18. The summed E-state index contributed by atoms with van der Waals surface area (Å²) in [6.45, 7) is 1.42. The number of benzene rings is 2. The van der Waals surface area contributed by atoms with Gasteiger partial charge in [-0.3, -0.25) is 9.69 Å². The van der Waals surface area contributed by atoms with Gasteiger partial charge in [-0.1, -0.05) is 24.3 Å². The van der Waals surface area contributed by atoms with Gasteiger partial charge in [0.15, 0.2) is 0 Å². The van der Waals surface area contributed by atoms with Crippen LogP contribution in [0.1, 0.15) is 18.4 Å². The van der Waals surface area contributed by atoms with Gasteiger partial charge in [0.05, 0.1) is 18.1 Å². The molecular formula is C21H22FN3O. The van der Waals surface area contributed by atoms with Crippen molar-refractivity contribution in [2.75, 3.05) is 18.9 Å². The minimum absolute atomic E-state index is 0.0385. The average molecular weight is 351 g/mol. The number of nitrogens with one attached hydrogen (secondary N) is 1. The van der Waals surface area contributed by atoms with Gasteiger partial charge in [-0.15, -0.1) is 0 Å². The molecule has 0 unspecified atom stereocenters. The highest BCUT2D eigenvalue weighted by atomic mass is 19.1. The number of rotatable bonds is 4. The zero-order valence-corrected chi connectivity index (χ0v) is 14.8. The molecule has 1 aliphatic rings. The fourth-order valence-electron chi connectivity index (χ4n) is 3.68. The molecule has 0 radical (unpaired) electrons. The van der Waals surface area contributed by atoms with E-state index < -0.39 is 0 Å². The van der Waals surface area contributed by atoms with Crippen molar-refractivity contribution in [1.82, 2.24) is 9.47 Å². The second-order valence-electron chi connectivity index (χ2n) is 6.94. The van der Waals surface area contributed by atoms with Gasteiger partial charge in [-0.05, 0) is 56.1 Å². The normalized spacial score (nSPS) is 17.7. The van der Waals surface area contributed by atoms with Gasteiger partial charge in [-0.25, -0.2) is 4.39 Å². The van der Waals surface area contributed by atoms with E-state index >= 15 is 0 Å². The van der Waals surface area contributed by atoms with Crippen LogP contribution < -0.4 is 5.32 Å². The van der Waals surface area contributed by atoms with E-state index in [4.69, 9.17) is 0 Å². The number of carbonyl (C=O) groups is 1. The summed E-state index contributed by atoms with van der Waals surface area (Å²) in [5, 5.41) is 4.10. The molecule has 5 heteroatoms. The average Bonchev–Trinajstić information content (AvgIpc) is 3.23. The van der Waals surface area contributed by atoms with E-state index in [2.05, 4.69) is 10.2 Å². The monoisotopic (exact) mass is 351 g/mol. The van der Waals surface area contributed by atoms with Crippen molar-refractivity contribution in [3.8, 4) is 0 Å². The van der Waals surface area contributed by atoms with E-state index in [0.717, 1.165) is 36.0 Å². The first-order chi connectivity index (χ1) is 12.6. The summed E-state index contributed by atoms with van der Waals surface area (Å²) >= 11 is 0. The first kappa shape index (κ1) is 16.8. The molecule has 0 spiro atoms. The molecule has 4 nitrogen and oxygen atoms in total. The predicted octanol–water partition coefficient (Wildman–Crippen LogP) is 3.86. The molecule has 1 N–H and O–H groups in total. The van der Waals surface area contributed by atoms with Crippen LogP contribution in [0.15, 0.2) is 54.7 Å². The van der Waals surface area contributed by atoms with Gasteiger partial charge in [0, 0.05) is 17.4 Å². The lowest BCUT2D eigenvalue weighted by atomic mass is 10.2. The first-order valence-electron chi connectivity index (χ1n) is 8.95. The predicted molar refractivity (Wildman–Crippen MR) is 102 cm³/mol. The maximum absolute atomic E-state index is 14.0. The molecule has 1 atom stereocenters. The molecule has 4 rings (SSSR count). The Hall–Kier alpha value is -2.66. The fourth-order valence-corrected chi connectivity index (χ4v) is 3.68. The summed E-state index contributed by atoms with van der Waals surface area (Å²) in [5.41, 5.74) is 2.40. The molecule has 1 amide bonds. The minimum atomic E-state index is -0.205. The summed E-state index contributed by atoms with van der Waals surface area (Å²) in [4.78, 5) is 14.6. The SMILES string of the molecule is CN1CCC[C@@H]1C(=O)Nc1ccc2ccn(Cc3ccccc3F)c2c1. The molecule has 2 heterocycles. The van der Waals surface area contributed by atoms with Gasteiger partial charge in [-0.2, -0.15) is 0 Å². The maximum atomic E-state index is 14.0. The molecule has 2 aromatic carbocycles. The van der Waals surface area contributed by atoms with Crippen molar-refractivity contribution in [3.63, 3.8) is 0 Å². The summed E-state index contributed by atoms with van der Waals surface area (Å²) in [6, 6.07) is 14.6. The number of fused-ring (bicyclic) bond motifs is 1. The minimum Gasteiger partial charge on any atom is -0.343 e. The molecule has 1 saturated heterocycles. The van der Waals surface area contributed by atoms with E-state index in [1.165, 1.54) is 6.07 Å². The van der Waals surface area contributed by atoms with E-state index in [9.17, 15) is 9.18 Å². The Bertz CT molecular complexity index is 949. The van der Waals surface area contributed by atoms with Gasteiger partial charge in [0.25, 0.3) is 0 Å². The Balaban J connectivity index is 1.58. The summed E-state index contributed by atoms with van der Waals surface area (Å²) < 4.78 is 16.0. The number of halogens is 1. The molecule has 1 aliphatic heterocycles. The largest absolute Gasteiger partial charge is 0.343 e. The van der Waals surface area contributed by atoms with Crippen LogP contribution in [0.5, 0.6) is 0 Å². The molecular weight excluding hydrogens is 329 g/mol. The lowest BCUT2D eigenvalue weighted by Crippen LogP contribution is -2.37. The van der Waals surface area contributed by atoms with E-state index in [1.807, 2.05) is 48.1 Å². The molecule has 134 valence electrons. The Morgan fingerprint density at radius 1 is 1.23 bits per heavy atom. The summed E-state index contributed by atoms with van der Waals surface area (Å²) in [5.74, 6) is -0.167. The van der Waals surface area contributed by atoms with E-state index in [0.29, 0.717) is 12.1 Å². The smallest absolute Gasteiger partial charge is 0.241 e. The Morgan fingerprint density at radius 2 is 2.08 bits per heavy atom. The van der Waals surface area contributed by atoms with Crippen LogP contribution in [0.3, 0.4) is 0 Å². The standard InChI is InChI=1S/C21H22FN3O/c1-24-11-4-7-19(24)21(26)23-17-9-8-15-10-12-25(20(15)13-17)14-16-5-2-3-6-18(16)22/h2-3,5-6,8-10,12-13,19H,4,7,11,14H2,1H3,(H,23,26)/t19-/m1/s1. The number of amides is 1. The fraction of sp³-hybridized carbons (Fsp3) is 0.286. The van der Waals surface area contributed by atoms with Crippen LogP contribution in [0.4, 0.5) is 10.1 Å². The van der Waals surface area contributed by atoms with Crippen molar-refractivity contribution < 1.29 is 9.18 Å². The molecule has 0 aliphatic carbocycles. The molecule has 0 bridgehead atoms. The lowest BCUT2D eigenvalue weighted by molar-refractivity contribution is -0.119. The number of likely N-dealkylation sites (N-methyl/N-ethyl adjacent to an activating group) is 1. The van der Waals surface area contributed by atoms with Crippen LogP contribution in [0, 0.1) is 5.82 Å². The highest BCUT2D eigenvalue weighted by Gasteiger charge is 2.27. The van der Waals surface area contributed by atoms with Crippen molar-refractivity contribution in [2.24, 2.45) is 0 Å². The van der Waals surface area contributed by atoms with Crippen molar-refractivity contribution >= 4 is 22.5 Å². The van der Waals surface area contributed by atoms with Gasteiger partial charge < -0.3 is 9.88 Å². The number of anilines is 1. The van der Waals surface area contributed by atoms with Crippen LogP contribution >= 0.6 is 0 Å². The van der Waals surface area contributed by atoms with Gasteiger partial charge in [0.2, 0.25) is 5.91 Å². The quantitative estimate of drug-likeness (QED) is 0.775. The van der Waals surface area contributed by atoms with Crippen molar-refractivity contribution in [3.05, 3.63) is 66.1 Å². The Kier molecular flexibility index (Phi) is 4.47. The van der Waals surface area contributed by atoms with Gasteiger partial charge in [0.1, 0.15) is 5.82 Å². The molecule has 1 aromatic heterocycles. The molecule has 1 fully saturated rings. The first-order valence-corrected chi connectivity index (χ1v) is 8.95. The van der Waals surface area contributed by atoms with Crippen molar-refractivity contribution in [2.45, 2.75) is 25.4 Å². The zero-order valence-electron chi connectivity index (χ0n) is 14.8. The van der Waals surface area contributed by atoms with Crippen LogP contribution in [0.2, 0.25) is 0 Å².